The Labute approximate surface area is 318 Å². The molecule has 4 N–H and O–H groups in total. The summed E-state index contributed by atoms with van der Waals surface area (Å²) >= 11 is 0. The molecule has 3 rings (SSSR count). The zero-order valence-electron chi connectivity index (χ0n) is 30.5. The largest absolute Gasteiger partial charge is 0.420 e. The molecular weight excluding hydrogens is 771 g/mol. The van der Waals surface area contributed by atoms with Crippen molar-refractivity contribution in [2.24, 2.45) is 0 Å². The van der Waals surface area contributed by atoms with E-state index in [9.17, 15) is 46.9 Å². The van der Waals surface area contributed by atoms with Crippen LogP contribution in [-0.4, -0.2) is 165 Å². The van der Waals surface area contributed by atoms with Crippen LogP contribution in [-0.2, 0) is 60.4 Å². The number of rotatable bonds is 28. The van der Waals surface area contributed by atoms with E-state index in [-0.39, 0.29) is 39.6 Å². The molecule has 1 aliphatic rings. The van der Waals surface area contributed by atoms with E-state index in [2.05, 4.69) is 20.4 Å². The molecule has 0 saturated carbocycles. The van der Waals surface area contributed by atoms with Crippen molar-refractivity contribution in [2.75, 3.05) is 92.5 Å². The molecule has 318 valence electrons. The van der Waals surface area contributed by atoms with E-state index >= 15 is 0 Å². The lowest BCUT2D eigenvalue weighted by atomic mass is 9.97. The van der Waals surface area contributed by atoms with Crippen molar-refractivity contribution in [3.05, 3.63) is 41.0 Å². The van der Waals surface area contributed by atoms with Gasteiger partial charge in [0.05, 0.1) is 111 Å². The summed E-state index contributed by atoms with van der Waals surface area (Å²) in [5, 5.41) is 40.5. The van der Waals surface area contributed by atoms with Gasteiger partial charge in [-0.15, -0.1) is 5.10 Å². The molecule has 0 aliphatic carbocycles. The Balaban J connectivity index is 1.08. The molecule has 0 bridgehead atoms. The number of ether oxygens (including phenoxy) is 9. The van der Waals surface area contributed by atoms with E-state index in [1.807, 2.05) is 0 Å². The minimum Gasteiger partial charge on any atom is -0.420 e. The molecule has 0 radical (unpaired) electrons. The van der Waals surface area contributed by atoms with Crippen molar-refractivity contribution in [2.45, 2.75) is 57.0 Å². The number of carbonyl (C=O) groups is 2. The molecular formula is C33H47F5N4O14. The molecule has 1 aromatic heterocycles. The number of carbonyl (C=O) groups excluding carboxylic acids is 2. The number of benzene rings is 1. The van der Waals surface area contributed by atoms with Crippen molar-refractivity contribution in [3.63, 3.8) is 0 Å². The molecule has 56 heavy (non-hydrogen) atoms. The summed E-state index contributed by atoms with van der Waals surface area (Å²) in [5.74, 6) is -14.7. The first-order valence-electron chi connectivity index (χ1n) is 17.5. The number of nitrogens with one attached hydrogen (secondary N) is 1. The molecule has 1 fully saturated rings. The van der Waals surface area contributed by atoms with Crippen LogP contribution in [0.4, 0.5) is 22.0 Å². The fourth-order valence-corrected chi connectivity index (χ4v) is 4.81. The van der Waals surface area contributed by atoms with Gasteiger partial charge in [-0.1, -0.05) is 5.21 Å². The average Bonchev–Trinajstić information content (AvgIpc) is 3.63. The van der Waals surface area contributed by atoms with Crippen LogP contribution >= 0.6 is 0 Å². The van der Waals surface area contributed by atoms with Gasteiger partial charge in [0.15, 0.2) is 6.29 Å². The lowest BCUT2D eigenvalue weighted by Crippen LogP contribution is -2.64. The highest BCUT2D eigenvalue weighted by atomic mass is 19.2. The van der Waals surface area contributed by atoms with Gasteiger partial charge in [0.25, 0.3) is 0 Å². The number of aliphatic hydroxyl groups excluding tert-OH is 3. The first-order valence-corrected chi connectivity index (χ1v) is 17.5. The third-order valence-corrected chi connectivity index (χ3v) is 7.64. The zero-order chi connectivity index (χ0) is 40.9. The van der Waals surface area contributed by atoms with Gasteiger partial charge in [-0.25, -0.2) is 17.9 Å². The summed E-state index contributed by atoms with van der Waals surface area (Å²) < 4.78 is 116. The van der Waals surface area contributed by atoms with Crippen molar-refractivity contribution >= 4 is 11.9 Å². The number of halogens is 5. The van der Waals surface area contributed by atoms with Crippen molar-refractivity contribution in [3.8, 4) is 5.75 Å². The van der Waals surface area contributed by atoms with Crippen molar-refractivity contribution in [1.82, 2.24) is 20.3 Å². The Kier molecular flexibility index (Phi) is 21.5. The van der Waals surface area contributed by atoms with Crippen LogP contribution in [0.15, 0.2) is 6.20 Å². The van der Waals surface area contributed by atoms with E-state index in [1.165, 1.54) is 6.92 Å². The van der Waals surface area contributed by atoms with Gasteiger partial charge in [-0.05, 0) is 0 Å². The van der Waals surface area contributed by atoms with Crippen LogP contribution < -0.4 is 10.1 Å². The SMILES string of the molecule is CC(=O)N[C@H]1[C@H](OCCc2cn(CCOCCOCCOCCOCCOCCOCCC(=O)Oc3c(F)c(F)c(F)c(F)c3F)nn2)O[C@H](CO)[C@H](O)[C@@H]1O. The van der Waals surface area contributed by atoms with Gasteiger partial charge < -0.3 is 63.3 Å². The summed E-state index contributed by atoms with van der Waals surface area (Å²) in [4.78, 5) is 23.2. The molecule has 1 amide bonds. The first-order chi connectivity index (χ1) is 26.9. The molecule has 23 heteroatoms. The van der Waals surface area contributed by atoms with E-state index in [0.29, 0.717) is 64.9 Å². The lowest BCUT2D eigenvalue weighted by Gasteiger charge is -2.42. The highest BCUT2D eigenvalue weighted by molar-refractivity contribution is 5.73. The fraction of sp³-hybridized carbons (Fsp3) is 0.697. The number of esters is 1. The minimum absolute atomic E-state index is 0.0572. The van der Waals surface area contributed by atoms with Crippen molar-refractivity contribution in [1.29, 1.82) is 0 Å². The lowest BCUT2D eigenvalue weighted by molar-refractivity contribution is -0.269. The van der Waals surface area contributed by atoms with Gasteiger partial charge in [-0.3, -0.25) is 9.59 Å². The molecule has 2 heterocycles. The molecule has 0 unspecified atom stereocenters. The number of aliphatic hydroxyl groups is 3. The van der Waals surface area contributed by atoms with E-state index in [0.717, 1.165) is 0 Å². The maximum atomic E-state index is 13.6. The first kappa shape index (κ1) is 46.9. The monoisotopic (exact) mass is 818 g/mol. The Hall–Kier alpha value is -3.49. The second-order valence-corrected chi connectivity index (χ2v) is 11.8. The standard InChI is InChI=1S/C33H47F5N4O14/c1-20(44)39-29-31(47)30(46)22(19-43)55-33(29)54-6-2-21-18-42(41-40-21)4-7-49-9-11-51-13-15-53-17-16-52-14-12-50-10-8-48-5-3-23(45)56-32-27(37)25(35)24(34)26(36)28(32)38/h18,22,29-31,33,43,46-47H,2-17,19H2,1H3,(H,39,44)/t22-,29-,30+,31-,33-/m1/s1. The van der Waals surface area contributed by atoms with Crippen LogP contribution in [0.25, 0.3) is 0 Å². The smallest absolute Gasteiger partial charge is 0.313 e. The van der Waals surface area contributed by atoms with Gasteiger partial charge >= 0.3 is 5.97 Å². The molecule has 18 nitrogen and oxygen atoms in total. The summed E-state index contributed by atoms with van der Waals surface area (Å²) in [6, 6.07) is -1.03. The van der Waals surface area contributed by atoms with Crippen LogP contribution in [0.5, 0.6) is 5.75 Å². The third kappa shape index (κ3) is 15.8. The number of hydrogen-bond acceptors (Lipinski definition) is 16. The Bertz CT molecular complexity index is 1450. The van der Waals surface area contributed by atoms with Gasteiger partial charge in [0.2, 0.25) is 40.7 Å². The van der Waals surface area contributed by atoms with Crippen LogP contribution in [0.3, 0.4) is 0 Å². The topological polar surface area (TPSA) is 221 Å². The normalized spacial score (nSPS) is 19.7. The molecule has 1 aliphatic heterocycles. The second kappa shape index (κ2) is 25.7. The van der Waals surface area contributed by atoms with Crippen LogP contribution in [0.2, 0.25) is 0 Å². The summed E-state index contributed by atoms with van der Waals surface area (Å²) in [7, 11) is 0. The molecule has 5 atom stereocenters. The van der Waals surface area contributed by atoms with E-state index in [1.54, 1.807) is 10.9 Å². The van der Waals surface area contributed by atoms with Crippen LogP contribution in [0, 0.1) is 29.1 Å². The number of amides is 1. The van der Waals surface area contributed by atoms with E-state index < -0.39 is 90.4 Å². The third-order valence-electron chi connectivity index (χ3n) is 7.64. The van der Waals surface area contributed by atoms with Gasteiger partial charge in [0, 0.05) is 19.5 Å². The maximum Gasteiger partial charge on any atom is 0.313 e. The quantitative estimate of drug-likeness (QED) is 0.0214. The number of nitrogens with zero attached hydrogens (tertiary/aromatic N) is 3. The maximum absolute atomic E-state index is 13.6. The van der Waals surface area contributed by atoms with Crippen LogP contribution in [0.1, 0.15) is 19.0 Å². The molecule has 1 saturated heterocycles. The number of hydrogen-bond donors (Lipinski definition) is 4. The highest BCUT2D eigenvalue weighted by Gasteiger charge is 2.45. The molecule has 1 aromatic carbocycles. The second-order valence-electron chi connectivity index (χ2n) is 11.8. The minimum atomic E-state index is -2.36. The van der Waals surface area contributed by atoms with Gasteiger partial charge in [-0.2, -0.15) is 8.78 Å². The summed E-state index contributed by atoms with van der Waals surface area (Å²) in [6.07, 6.45) is -3.41. The Morgan fingerprint density at radius 3 is 1.77 bits per heavy atom. The number of aromatic nitrogens is 3. The molecule has 2 aromatic rings. The highest BCUT2D eigenvalue weighted by Crippen LogP contribution is 2.29. The fourth-order valence-electron chi connectivity index (χ4n) is 4.81. The average molecular weight is 819 g/mol. The summed E-state index contributed by atoms with van der Waals surface area (Å²) in [6.45, 7) is 4.16. The molecule has 0 spiro atoms. The predicted molar refractivity (Wildman–Crippen MR) is 176 cm³/mol. The van der Waals surface area contributed by atoms with Crippen molar-refractivity contribution < 1.29 is 89.5 Å². The zero-order valence-corrected chi connectivity index (χ0v) is 30.5. The Morgan fingerprint density at radius 2 is 1.25 bits per heavy atom. The summed E-state index contributed by atoms with van der Waals surface area (Å²) in [5.41, 5.74) is 0.619. The Morgan fingerprint density at radius 1 is 0.750 bits per heavy atom. The van der Waals surface area contributed by atoms with Gasteiger partial charge in [0.1, 0.15) is 24.4 Å². The van der Waals surface area contributed by atoms with E-state index in [4.69, 9.17) is 37.9 Å². The predicted octanol–water partition coefficient (Wildman–Crippen LogP) is -0.428.